The van der Waals surface area contributed by atoms with Crippen LogP contribution in [-0.4, -0.2) is 36.3 Å². The van der Waals surface area contributed by atoms with Crippen LogP contribution in [0.25, 0.3) is 0 Å². The van der Waals surface area contributed by atoms with Gasteiger partial charge in [0.2, 0.25) is 10.0 Å². The highest BCUT2D eigenvalue weighted by atomic mass is 32.2. The molecule has 140 valence electrons. The summed E-state index contributed by atoms with van der Waals surface area (Å²) in [5, 5.41) is 2.84. The fourth-order valence-corrected chi connectivity index (χ4v) is 5.02. The maximum absolute atomic E-state index is 12.9. The Morgan fingerprint density at radius 1 is 1.15 bits per heavy atom. The summed E-state index contributed by atoms with van der Waals surface area (Å²) in [5.41, 5.74) is 2.79. The Hall–Kier alpha value is -2.12. The van der Waals surface area contributed by atoms with Crippen molar-refractivity contribution in [1.82, 2.24) is 8.87 Å². The van der Waals surface area contributed by atoms with Crippen molar-refractivity contribution in [3.8, 4) is 0 Å². The topological polar surface area (TPSA) is 71.4 Å². The molecule has 2 heterocycles. The van der Waals surface area contributed by atoms with Gasteiger partial charge in [0.05, 0.1) is 0 Å². The first-order valence-electron chi connectivity index (χ1n) is 8.91. The second-order valence-electron chi connectivity index (χ2n) is 6.65. The second kappa shape index (κ2) is 7.25. The lowest BCUT2D eigenvalue weighted by molar-refractivity contribution is 0.101. The van der Waals surface area contributed by atoms with Crippen molar-refractivity contribution in [2.45, 2.75) is 38.0 Å². The summed E-state index contributed by atoms with van der Waals surface area (Å²) in [6, 6.07) is 9.13. The maximum Gasteiger partial charge on any atom is 0.272 e. The number of hydrogen-bond donors (Lipinski definition) is 1. The zero-order valence-corrected chi connectivity index (χ0v) is 16.3. The predicted octanol–water partition coefficient (Wildman–Crippen LogP) is 2.93. The van der Waals surface area contributed by atoms with E-state index in [4.69, 9.17) is 0 Å². The number of amides is 1. The number of rotatable bonds is 5. The first-order chi connectivity index (χ1) is 12.3. The first kappa shape index (κ1) is 18.7. The molecular weight excluding hydrogens is 350 g/mol. The number of anilines is 1. The zero-order valence-electron chi connectivity index (χ0n) is 15.4. The number of sulfonamides is 1. The van der Waals surface area contributed by atoms with Crippen LogP contribution in [0.5, 0.6) is 0 Å². The largest absolute Gasteiger partial charge is 0.343 e. The van der Waals surface area contributed by atoms with Crippen molar-refractivity contribution >= 4 is 21.6 Å². The molecule has 26 heavy (non-hydrogen) atoms. The van der Waals surface area contributed by atoms with Crippen LogP contribution in [0.1, 0.15) is 41.5 Å². The van der Waals surface area contributed by atoms with Crippen LogP contribution in [0.2, 0.25) is 0 Å². The minimum atomic E-state index is -3.55. The number of aromatic nitrogens is 1. The number of nitrogens with one attached hydrogen (secondary N) is 1. The van der Waals surface area contributed by atoms with E-state index < -0.39 is 10.0 Å². The van der Waals surface area contributed by atoms with E-state index in [1.165, 1.54) is 15.9 Å². The summed E-state index contributed by atoms with van der Waals surface area (Å²) in [6.07, 6.45) is 2.70. The number of hydrogen-bond acceptors (Lipinski definition) is 3. The van der Waals surface area contributed by atoms with Gasteiger partial charge >= 0.3 is 0 Å². The third-order valence-electron chi connectivity index (χ3n) is 5.02. The molecule has 0 bridgehead atoms. The quantitative estimate of drug-likeness (QED) is 0.873. The molecule has 0 aliphatic carbocycles. The minimum Gasteiger partial charge on any atom is -0.343 e. The van der Waals surface area contributed by atoms with Gasteiger partial charge in [-0.2, -0.15) is 4.31 Å². The Balaban J connectivity index is 1.87. The Labute approximate surface area is 154 Å². The van der Waals surface area contributed by atoms with E-state index in [1.54, 1.807) is 18.5 Å². The van der Waals surface area contributed by atoms with E-state index in [-0.39, 0.29) is 10.8 Å². The van der Waals surface area contributed by atoms with Gasteiger partial charge in [0.1, 0.15) is 10.6 Å². The molecule has 1 amide bonds. The van der Waals surface area contributed by atoms with E-state index in [0.29, 0.717) is 30.2 Å². The SMILES string of the molecule is CCc1ccc(NC(=O)c2cc(S(=O)(=O)N3CCCC3)c(C)n2C)cc1. The fraction of sp³-hybridized carbons (Fsp3) is 0.421. The van der Waals surface area contributed by atoms with Gasteiger partial charge < -0.3 is 9.88 Å². The van der Waals surface area contributed by atoms with E-state index in [9.17, 15) is 13.2 Å². The lowest BCUT2D eigenvalue weighted by Crippen LogP contribution is -2.28. The molecule has 1 fully saturated rings. The molecule has 1 aromatic carbocycles. The molecule has 0 unspecified atom stereocenters. The standard InChI is InChI=1S/C19H25N3O3S/c1-4-15-7-9-16(10-8-15)20-19(23)17-13-18(14(2)21(17)3)26(24,25)22-11-5-6-12-22/h7-10,13H,4-6,11-12H2,1-3H3,(H,20,23). The summed E-state index contributed by atoms with van der Waals surface area (Å²) in [6.45, 7) is 4.89. The fourth-order valence-electron chi connectivity index (χ4n) is 3.24. The van der Waals surface area contributed by atoms with Crippen LogP contribution >= 0.6 is 0 Å². The van der Waals surface area contributed by atoms with Gasteiger partial charge in [0.25, 0.3) is 5.91 Å². The molecule has 1 aromatic heterocycles. The number of carbonyl (C=O) groups is 1. The molecule has 0 atom stereocenters. The summed E-state index contributed by atoms with van der Waals surface area (Å²) < 4.78 is 28.8. The molecule has 3 rings (SSSR count). The van der Waals surface area contributed by atoms with Crippen molar-refractivity contribution in [1.29, 1.82) is 0 Å². The van der Waals surface area contributed by atoms with Crippen molar-refractivity contribution in [2.75, 3.05) is 18.4 Å². The monoisotopic (exact) mass is 375 g/mol. The maximum atomic E-state index is 12.9. The molecule has 6 nitrogen and oxygen atoms in total. The number of benzene rings is 1. The molecular formula is C19H25N3O3S. The summed E-state index contributed by atoms with van der Waals surface area (Å²) in [4.78, 5) is 12.9. The normalized spacial score (nSPS) is 15.3. The van der Waals surface area contributed by atoms with Crippen molar-refractivity contribution in [3.63, 3.8) is 0 Å². The third kappa shape index (κ3) is 3.41. The predicted molar refractivity (Wildman–Crippen MR) is 102 cm³/mol. The lowest BCUT2D eigenvalue weighted by atomic mass is 10.1. The smallest absolute Gasteiger partial charge is 0.272 e. The average Bonchev–Trinajstić information content (AvgIpc) is 3.26. The van der Waals surface area contributed by atoms with Gasteiger partial charge in [-0.05, 0) is 49.9 Å². The van der Waals surface area contributed by atoms with Crippen LogP contribution < -0.4 is 5.32 Å². The van der Waals surface area contributed by atoms with Gasteiger partial charge in [-0.1, -0.05) is 19.1 Å². The van der Waals surface area contributed by atoms with Crippen molar-refractivity contribution in [3.05, 3.63) is 47.3 Å². The first-order valence-corrected chi connectivity index (χ1v) is 10.4. The molecule has 0 saturated carbocycles. The third-order valence-corrected chi connectivity index (χ3v) is 7.04. The zero-order chi connectivity index (χ0) is 18.9. The van der Waals surface area contributed by atoms with Crippen LogP contribution in [0, 0.1) is 6.92 Å². The summed E-state index contributed by atoms with van der Waals surface area (Å²) in [7, 11) is -1.84. The van der Waals surface area contributed by atoms with Gasteiger partial charge in [-0.25, -0.2) is 8.42 Å². The number of aryl methyl sites for hydroxylation is 1. The highest BCUT2D eigenvalue weighted by Gasteiger charge is 2.31. The minimum absolute atomic E-state index is 0.216. The molecule has 0 radical (unpaired) electrons. The lowest BCUT2D eigenvalue weighted by Gasteiger charge is -2.15. The van der Waals surface area contributed by atoms with E-state index in [0.717, 1.165) is 19.3 Å². The van der Waals surface area contributed by atoms with Gasteiger partial charge in [0, 0.05) is 31.5 Å². The van der Waals surface area contributed by atoms with Gasteiger partial charge in [-0.3, -0.25) is 4.79 Å². The second-order valence-corrected chi connectivity index (χ2v) is 8.56. The molecule has 2 aromatic rings. The molecule has 1 N–H and O–H groups in total. The average molecular weight is 375 g/mol. The van der Waals surface area contributed by atoms with E-state index in [1.807, 2.05) is 24.3 Å². The van der Waals surface area contributed by atoms with E-state index >= 15 is 0 Å². The Kier molecular flexibility index (Phi) is 5.20. The molecule has 1 aliphatic rings. The molecule has 1 saturated heterocycles. The number of carbonyl (C=O) groups excluding carboxylic acids is 1. The van der Waals surface area contributed by atoms with Crippen molar-refractivity contribution < 1.29 is 13.2 Å². The highest BCUT2D eigenvalue weighted by molar-refractivity contribution is 7.89. The molecule has 7 heteroatoms. The molecule has 0 spiro atoms. The summed E-state index contributed by atoms with van der Waals surface area (Å²) in [5.74, 6) is -0.317. The van der Waals surface area contributed by atoms with Gasteiger partial charge in [-0.15, -0.1) is 0 Å². The van der Waals surface area contributed by atoms with Crippen LogP contribution in [-0.2, 0) is 23.5 Å². The molecule has 1 aliphatic heterocycles. The van der Waals surface area contributed by atoms with Crippen LogP contribution in [0.3, 0.4) is 0 Å². The Morgan fingerprint density at radius 2 is 1.77 bits per heavy atom. The summed E-state index contributed by atoms with van der Waals surface area (Å²) >= 11 is 0. The van der Waals surface area contributed by atoms with Gasteiger partial charge in [0.15, 0.2) is 0 Å². The number of nitrogens with zero attached hydrogens (tertiary/aromatic N) is 2. The van der Waals surface area contributed by atoms with Crippen LogP contribution in [0.15, 0.2) is 35.2 Å². The Bertz CT molecular complexity index is 908. The van der Waals surface area contributed by atoms with E-state index in [2.05, 4.69) is 12.2 Å². The van der Waals surface area contributed by atoms with Crippen LogP contribution in [0.4, 0.5) is 5.69 Å². The van der Waals surface area contributed by atoms with Crippen molar-refractivity contribution in [2.24, 2.45) is 7.05 Å². The Morgan fingerprint density at radius 3 is 2.35 bits per heavy atom. The highest BCUT2D eigenvalue weighted by Crippen LogP contribution is 2.26.